The van der Waals surface area contributed by atoms with Gasteiger partial charge in [0.05, 0.1) is 37.6 Å². The summed E-state index contributed by atoms with van der Waals surface area (Å²) in [6.07, 6.45) is 7.59. The molecule has 2 aromatic rings. The Hall–Kier alpha value is -1.95. The molecule has 31 heavy (non-hydrogen) atoms. The summed E-state index contributed by atoms with van der Waals surface area (Å²) < 4.78 is 6.55. The normalized spacial score (nSPS) is 11.6. The highest BCUT2D eigenvalue weighted by atomic mass is 35.5. The van der Waals surface area contributed by atoms with E-state index in [1.54, 1.807) is 12.1 Å². The van der Waals surface area contributed by atoms with Crippen molar-refractivity contribution in [1.82, 2.24) is 0 Å². The summed E-state index contributed by atoms with van der Waals surface area (Å²) in [7, 11) is 4.22. The van der Waals surface area contributed by atoms with E-state index in [9.17, 15) is 5.11 Å². The molecule has 5 nitrogen and oxygen atoms in total. The van der Waals surface area contributed by atoms with E-state index in [-0.39, 0.29) is 18.2 Å². The number of rotatable bonds is 13. The molecular formula is C25H38ClN3O2. The maximum Gasteiger partial charge on any atom is 0.182 e. The SMILES string of the molecule is CCCCCCCCOC[N+](C)(C)Cc1cc(N=Nc2ccc(C)cc2)ccc1O.[Cl-]. The van der Waals surface area contributed by atoms with E-state index in [4.69, 9.17) is 4.74 Å². The van der Waals surface area contributed by atoms with Crippen LogP contribution in [0.15, 0.2) is 52.7 Å². The van der Waals surface area contributed by atoms with E-state index in [0.29, 0.717) is 17.8 Å². The molecule has 6 heteroatoms. The van der Waals surface area contributed by atoms with Crippen LogP contribution in [0.1, 0.15) is 56.6 Å². The lowest BCUT2D eigenvalue weighted by Gasteiger charge is -2.29. The highest BCUT2D eigenvalue weighted by Gasteiger charge is 2.18. The van der Waals surface area contributed by atoms with Gasteiger partial charge in [0.15, 0.2) is 6.73 Å². The number of azo groups is 1. The number of hydrogen-bond acceptors (Lipinski definition) is 4. The van der Waals surface area contributed by atoms with Crippen LogP contribution in [-0.4, -0.2) is 37.0 Å². The maximum absolute atomic E-state index is 10.3. The Morgan fingerprint density at radius 2 is 1.48 bits per heavy atom. The topological polar surface area (TPSA) is 54.2 Å². The lowest BCUT2D eigenvalue weighted by Crippen LogP contribution is -3.00. The van der Waals surface area contributed by atoms with Crippen LogP contribution in [0.5, 0.6) is 5.75 Å². The van der Waals surface area contributed by atoms with Gasteiger partial charge in [0.2, 0.25) is 0 Å². The van der Waals surface area contributed by atoms with Crippen molar-refractivity contribution in [3.05, 3.63) is 53.6 Å². The fraction of sp³-hybridized carbons (Fsp3) is 0.520. The standard InChI is InChI=1S/C25H37N3O2.ClH/c1-5-6-7-8-9-10-17-30-20-28(3,4)19-22-18-24(15-16-25(22)29)27-26-23-13-11-21(2)12-14-23;/h11-16,18H,5-10,17,19-20H2,1-4H3;1H. The Morgan fingerprint density at radius 3 is 2.19 bits per heavy atom. The zero-order valence-electron chi connectivity index (χ0n) is 19.5. The zero-order valence-corrected chi connectivity index (χ0v) is 20.2. The number of hydrogen-bond donors (Lipinski definition) is 1. The van der Waals surface area contributed by atoms with Crippen LogP contribution < -0.4 is 12.4 Å². The van der Waals surface area contributed by atoms with Gasteiger partial charge < -0.3 is 26.7 Å². The van der Waals surface area contributed by atoms with Crippen LogP contribution in [0.3, 0.4) is 0 Å². The van der Waals surface area contributed by atoms with Gasteiger partial charge >= 0.3 is 0 Å². The van der Waals surface area contributed by atoms with Crippen LogP contribution in [0.4, 0.5) is 11.4 Å². The molecule has 0 fully saturated rings. The van der Waals surface area contributed by atoms with Crippen molar-refractivity contribution in [3.8, 4) is 5.75 Å². The van der Waals surface area contributed by atoms with Gasteiger partial charge in [0.1, 0.15) is 12.3 Å². The van der Waals surface area contributed by atoms with E-state index >= 15 is 0 Å². The largest absolute Gasteiger partial charge is 1.00 e. The Bertz CT molecular complexity index is 792. The number of quaternary nitrogens is 1. The average molecular weight is 448 g/mol. The fourth-order valence-electron chi connectivity index (χ4n) is 3.29. The summed E-state index contributed by atoms with van der Waals surface area (Å²) in [6, 6.07) is 13.3. The second-order valence-corrected chi connectivity index (χ2v) is 8.75. The molecule has 2 aromatic carbocycles. The number of aromatic hydroxyl groups is 1. The third-order valence-corrected chi connectivity index (χ3v) is 5.06. The molecule has 0 saturated carbocycles. The van der Waals surface area contributed by atoms with E-state index in [1.165, 1.54) is 37.7 Å². The molecule has 0 unspecified atom stereocenters. The van der Waals surface area contributed by atoms with Crippen molar-refractivity contribution in [2.75, 3.05) is 27.4 Å². The van der Waals surface area contributed by atoms with Gasteiger partial charge in [-0.2, -0.15) is 10.2 Å². The van der Waals surface area contributed by atoms with Crippen LogP contribution in [-0.2, 0) is 11.3 Å². The van der Waals surface area contributed by atoms with Gasteiger partial charge in [-0.3, -0.25) is 0 Å². The predicted octanol–water partition coefficient (Wildman–Crippen LogP) is 4.03. The van der Waals surface area contributed by atoms with Crippen LogP contribution in [0.25, 0.3) is 0 Å². The number of benzene rings is 2. The Morgan fingerprint density at radius 1 is 0.871 bits per heavy atom. The van der Waals surface area contributed by atoms with Gasteiger partial charge in [-0.15, -0.1) is 0 Å². The molecule has 0 heterocycles. The molecule has 0 aliphatic heterocycles. The van der Waals surface area contributed by atoms with Gasteiger partial charge in [-0.25, -0.2) is 0 Å². The number of ether oxygens (including phenoxy) is 1. The molecule has 0 atom stereocenters. The van der Waals surface area contributed by atoms with E-state index in [1.807, 2.05) is 37.3 Å². The summed E-state index contributed by atoms with van der Waals surface area (Å²) in [5.41, 5.74) is 3.59. The minimum Gasteiger partial charge on any atom is -1.00 e. The summed E-state index contributed by atoms with van der Waals surface area (Å²) >= 11 is 0. The molecule has 2 rings (SSSR count). The van der Waals surface area contributed by atoms with Gasteiger partial charge in [0, 0.05) is 0 Å². The number of aryl methyl sites for hydroxylation is 1. The summed E-state index contributed by atoms with van der Waals surface area (Å²) in [5, 5.41) is 18.9. The Balaban J connectivity index is 0.00000480. The van der Waals surface area contributed by atoms with Crippen molar-refractivity contribution >= 4 is 11.4 Å². The van der Waals surface area contributed by atoms with E-state index in [2.05, 4.69) is 31.2 Å². The summed E-state index contributed by atoms with van der Waals surface area (Å²) in [5.74, 6) is 0.284. The molecule has 0 aliphatic rings. The van der Waals surface area contributed by atoms with Gasteiger partial charge in [-0.05, 0) is 43.7 Å². The summed E-state index contributed by atoms with van der Waals surface area (Å²) in [4.78, 5) is 0. The lowest BCUT2D eigenvalue weighted by atomic mass is 10.1. The smallest absolute Gasteiger partial charge is 0.182 e. The monoisotopic (exact) mass is 447 g/mol. The second kappa shape index (κ2) is 14.2. The first kappa shape index (κ1) is 27.1. The Kier molecular flexibility index (Phi) is 12.4. The van der Waals surface area contributed by atoms with Crippen LogP contribution >= 0.6 is 0 Å². The third-order valence-electron chi connectivity index (χ3n) is 5.06. The second-order valence-electron chi connectivity index (χ2n) is 8.75. The van der Waals surface area contributed by atoms with Gasteiger partial charge in [0.25, 0.3) is 0 Å². The van der Waals surface area contributed by atoms with Crippen molar-refractivity contribution < 1.29 is 26.7 Å². The number of nitrogens with zero attached hydrogens (tertiary/aromatic N) is 3. The molecule has 0 radical (unpaired) electrons. The first-order valence-corrected chi connectivity index (χ1v) is 11.1. The third kappa shape index (κ3) is 10.8. The number of phenols is 1. The highest BCUT2D eigenvalue weighted by molar-refractivity contribution is 5.47. The first-order valence-electron chi connectivity index (χ1n) is 11.1. The lowest BCUT2D eigenvalue weighted by molar-refractivity contribution is -0.922. The quantitative estimate of drug-likeness (QED) is 0.218. The first-order chi connectivity index (χ1) is 14.4. The molecule has 1 N–H and O–H groups in total. The molecule has 0 aromatic heterocycles. The molecule has 0 bridgehead atoms. The van der Waals surface area contributed by atoms with Crippen molar-refractivity contribution in [3.63, 3.8) is 0 Å². The van der Waals surface area contributed by atoms with Crippen LogP contribution in [0, 0.1) is 6.92 Å². The number of phenolic OH excluding ortho intramolecular Hbond substituents is 1. The Labute approximate surface area is 194 Å². The van der Waals surface area contributed by atoms with Crippen molar-refractivity contribution in [2.24, 2.45) is 10.2 Å². The summed E-state index contributed by atoms with van der Waals surface area (Å²) in [6.45, 7) is 6.36. The molecule has 0 spiro atoms. The minimum absolute atomic E-state index is 0. The minimum atomic E-state index is 0. The van der Waals surface area contributed by atoms with Crippen molar-refractivity contribution in [2.45, 2.75) is 58.9 Å². The maximum atomic E-state index is 10.3. The van der Waals surface area contributed by atoms with E-state index < -0.39 is 0 Å². The highest BCUT2D eigenvalue weighted by Crippen LogP contribution is 2.27. The van der Waals surface area contributed by atoms with Crippen LogP contribution in [0.2, 0.25) is 0 Å². The zero-order chi connectivity index (χ0) is 21.8. The number of unbranched alkanes of at least 4 members (excludes halogenated alkanes) is 5. The fourth-order valence-corrected chi connectivity index (χ4v) is 3.29. The molecule has 0 amide bonds. The molecule has 172 valence electrons. The average Bonchev–Trinajstić information content (AvgIpc) is 2.71. The molecule has 0 aliphatic carbocycles. The molecule has 0 saturated heterocycles. The number of halogens is 1. The van der Waals surface area contributed by atoms with Gasteiger partial charge in [-0.1, -0.05) is 56.7 Å². The van der Waals surface area contributed by atoms with E-state index in [0.717, 1.165) is 30.0 Å². The molecular weight excluding hydrogens is 410 g/mol. The predicted molar refractivity (Wildman–Crippen MR) is 123 cm³/mol. The van der Waals surface area contributed by atoms with Crippen molar-refractivity contribution in [1.29, 1.82) is 0 Å².